The van der Waals surface area contributed by atoms with Gasteiger partial charge in [0, 0.05) is 25.1 Å². The molecule has 30 heavy (non-hydrogen) atoms. The lowest BCUT2D eigenvalue weighted by molar-refractivity contribution is -0.384. The first-order valence-corrected chi connectivity index (χ1v) is 10.1. The monoisotopic (exact) mass is 413 g/mol. The number of benzene rings is 1. The van der Waals surface area contributed by atoms with Crippen molar-refractivity contribution >= 4 is 28.5 Å². The fourth-order valence-corrected chi connectivity index (χ4v) is 4.01. The Bertz CT molecular complexity index is 1120. The predicted molar refractivity (Wildman–Crippen MR) is 109 cm³/mol. The zero-order valence-electron chi connectivity index (χ0n) is 16.5. The molecule has 10 nitrogen and oxygen atoms in total. The molecule has 2 heterocycles. The summed E-state index contributed by atoms with van der Waals surface area (Å²) in [6.45, 7) is 0.277. The molecule has 1 N–H and O–H groups in total. The largest absolute Gasteiger partial charge is 0.419 e. The van der Waals surface area contributed by atoms with Crippen LogP contribution in [-0.2, 0) is 11.3 Å². The van der Waals surface area contributed by atoms with E-state index in [2.05, 4.69) is 10.4 Å². The maximum absolute atomic E-state index is 12.4. The van der Waals surface area contributed by atoms with Crippen LogP contribution in [0.4, 0.5) is 11.5 Å². The smallest absolute Gasteiger partial charge is 0.407 e. The average molecular weight is 413 g/mol. The highest BCUT2D eigenvalue weighted by molar-refractivity contribution is 5.89. The van der Waals surface area contributed by atoms with Gasteiger partial charge < -0.3 is 9.73 Å². The van der Waals surface area contributed by atoms with Gasteiger partial charge in [0.1, 0.15) is 5.82 Å². The molecule has 1 amide bonds. The van der Waals surface area contributed by atoms with Crippen molar-refractivity contribution in [3.8, 4) is 0 Å². The predicted octanol–water partition coefficient (Wildman–Crippen LogP) is 3.62. The third-order valence-corrected chi connectivity index (χ3v) is 5.51. The van der Waals surface area contributed by atoms with E-state index in [1.54, 1.807) is 12.3 Å². The maximum atomic E-state index is 12.4. The first-order valence-electron chi connectivity index (χ1n) is 10.1. The average Bonchev–Trinajstić information content (AvgIpc) is 3.32. The molecule has 4 rings (SSSR count). The Morgan fingerprint density at radius 1 is 1.27 bits per heavy atom. The first kappa shape index (κ1) is 19.9. The van der Waals surface area contributed by atoms with Gasteiger partial charge >= 0.3 is 5.76 Å². The number of nitrogens with zero attached hydrogens (tertiary/aromatic N) is 4. The van der Waals surface area contributed by atoms with Crippen molar-refractivity contribution < 1.29 is 14.1 Å². The lowest BCUT2D eigenvalue weighted by atomic mass is 9.96. The molecule has 0 bridgehead atoms. The molecule has 158 valence electrons. The van der Waals surface area contributed by atoms with Crippen molar-refractivity contribution in [2.24, 2.45) is 0 Å². The summed E-state index contributed by atoms with van der Waals surface area (Å²) in [6, 6.07) is 6.16. The number of anilines is 1. The van der Waals surface area contributed by atoms with Gasteiger partial charge in [0.15, 0.2) is 5.58 Å². The van der Waals surface area contributed by atoms with Gasteiger partial charge in [-0.2, -0.15) is 5.10 Å². The topological polar surface area (TPSA) is 125 Å². The van der Waals surface area contributed by atoms with Gasteiger partial charge in [0.25, 0.3) is 5.69 Å². The van der Waals surface area contributed by atoms with E-state index in [1.165, 1.54) is 42.0 Å². The number of fused-ring (bicyclic) bond motifs is 1. The summed E-state index contributed by atoms with van der Waals surface area (Å²) >= 11 is 0. The van der Waals surface area contributed by atoms with E-state index < -0.39 is 10.7 Å². The minimum absolute atomic E-state index is 0.141. The Hall–Kier alpha value is -3.43. The third kappa shape index (κ3) is 4.12. The molecule has 1 aliphatic rings. The number of oxazole rings is 1. The number of carbonyl (C=O) groups is 1. The van der Waals surface area contributed by atoms with Crippen molar-refractivity contribution in [1.29, 1.82) is 0 Å². The second-order valence-electron chi connectivity index (χ2n) is 7.53. The van der Waals surface area contributed by atoms with Crippen molar-refractivity contribution in [3.63, 3.8) is 0 Å². The molecular weight excluding hydrogens is 390 g/mol. The van der Waals surface area contributed by atoms with Crippen LogP contribution in [-0.4, -0.2) is 25.2 Å². The molecule has 1 fully saturated rings. The normalized spacial score (nSPS) is 14.8. The molecule has 0 saturated heterocycles. The van der Waals surface area contributed by atoms with Crippen LogP contribution in [0.3, 0.4) is 0 Å². The molecule has 2 aromatic heterocycles. The van der Waals surface area contributed by atoms with E-state index in [-0.39, 0.29) is 30.1 Å². The van der Waals surface area contributed by atoms with Crippen LogP contribution in [0.1, 0.15) is 51.0 Å². The molecule has 0 unspecified atom stereocenters. The molecule has 1 aromatic carbocycles. The van der Waals surface area contributed by atoms with Gasteiger partial charge in [-0.05, 0) is 25.3 Å². The van der Waals surface area contributed by atoms with Crippen LogP contribution in [0.2, 0.25) is 0 Å². The molecule has 0 spiro atoms. The number of hydrogen-bond donors (Lipinski definition) is 1. The van der Waals surface area contributed by atoms with Crippen molar-refractivity contribution in [3.05, 3.63) is 51.1 Å². The SMILES string of the molecule is O=C(CCCn1c(=O)oc2cc([N+](=O)[O-])ccc21)Nc1ccnn1C1CCCCC1. The summed E-state index contributed by atoms with van der Waals surface area (Å²) in [5.74, 6) is -0.0459. The van der Waals surface area contributed by atoms with Gasteiger partial charge in [-0.15, -0.1) is 0 Å². The number of amides is 1. The third-order valence-electron chi connectivity index (χ3n) is 5.51. The highest BCUT2D eigenvalue weighted by atomic mass is 16.6. The van der Waals surface area contributed by atoms with E-state index in [0.717, 1.165) is 12.8 Å². The van der Waals surface area contributed by atoms with Gasteiger partial charge in [-0.1, -0.05) is 19.3 Å². The lowest BCUT2D eigenvalue weighted by Gasteiger charge is -2.23. The number of aromatic nitrogens is 3. The minimum Gasteiger partial charge on any atom is -0.407 e. The number of non-ortho nitro benzene ring substituents is 1. The molecule has 0 radical (unpaired) electrons. The Morgan fingerprint density at radius 2 is 2.07 bits per heavy atom. The molecule has 0 aliphatic heterocycles. The molecule has 0 atom stereocenters. The number of nitro groups is 1. The molecule has 1 aliphatic carbocycles. The number of nitro benzene ring substituents is 1. The summed E-state index contributed by atoms with van der Waals surface area (Å²) in [5.41, 5.74) is 0.494. The summed E-state index contributed by atoms with van der Waals surface area (Å²) in [7, 11) is 0. The second kappa shape index (κ2) is 8.52. The number of rotatable bonds is 7. The van der Waals surface area contributed by atoms with Crippen molar-refractivity contribution in [2.45, 2.75) is 57.5 Å². The molecule has 10 heteroatoms. The Morgan fingerprint density at radius 3 is 2.83 bits per heavy atom. The molecular formula is C20H23N5O5. The van der Waals surface area contributed by atoms with E-state index in [1.807, 2.05) is 4.68 Å². The van der Waals surface area contributed by atoms with Gasteiger partial charge in [-0.3, -0.25) is 19.5 Å². The summed E-state index contributed by atoms with van der Waals surface area (Å²) in [5, 5.41) is 18.2. The number of nitrogens with one attached hydrogen (secondary N) is 1. The highest BCUT2D eigenvalue weighted by Gasteiger charge is 2.19. The minimum atomic E-state index is -0.596. The highest BCUT2D eigenvalue weighted by Crippen LogP contribution is 2.30. The van der Waals surface area contributed by atoms with Gasteiger partial charge in [0.05, 0.1) is 28.7 Å². The van der Waals surface area contributed by atoms with E-state index in [4.69, 9.17) is 4.42 Å². The van der Waals surface area contributed by atoms with Crippen LogP contribution in [0.5, 0.6) is 0 Å². The molecule has 1 saturated carbocycles. The quantitative estimate of drug-likeness (QED) is 0.466. The number of carbonyl (C=O) groups excluding carboxylic acids is 1. The fourth-order valence-electron chi connectivity index (χ4n) is 4.01. The number of hydrogen-bond acceptors (Lipinski definition) is 6. The van der Waals surface area contributed by atoms with E-state index in [0.29, 0.717) is 23.8 Å². The second-order valence-corrected chi connectivity index (χ2v) is 7.53. The van der Waals surface area contributed by atoms with Crippen LogP contribution < -0.4 is 11.1 Å². The summed E-state index contributed by atoms with van der Waals surface area (Å²) in [4.78, 5) is 34.8. The zero-order chi connectivity index (χ0) is 21.1. The number of aryl methyl sites for hydroxylation is 1. The Balaban J connectivity index is 1.36. The standard InChI is InChI=1S/C20H23N5O5/c26-19(22-18-10-11-21-24(18)14-5-2-1-3-6-14)7-4-12-23-16-9-8-15(25(28)29)13-17(16)30-20(23)27/h8-11,13-14H,1-7,12H2,(H,22,26). The van der Waals surface area contributed by atoms with Crippen molar-refractivity contribution in [1.82, 2.24) is 14.3 Å². The fraction of sp³-hybridized carbons (Fsp3) is 0.450. The van der Waals surface area contributed by atoms with E-state index in [9.17, 15) is 19.7 Å². The maximum Gasteiger partial charge on any atom is 0.419 e. The van der Waals surface area contributed by atoms with Crippen LogP contribution >= 0.6 is 0 Å². The van der Waals surface area contributed by atoms with Crippen LogP contribution in [0.15, 0.2) is 39.7 Å². The van der Waals surface area contributed by atoms with Gasteiger partial charge in [0.2, 0.25) is 5.91 Å². The van der Waals surface area contributed by atoms with Crippen LogP contribution in [0, 0.1) is 10.1 Å². The summed E-state index contributed by atoms with van der Waals surface area (Å²) in [6.07, 6.45) is 8.08. The van der Waals surface area contributed by atoms with E-state index >= 15 is 0 Å². The van der Waals surface area contributed by atoms with Crippen molar-refractivity contribution in [2.75, 3.05) is 5.32 Å². The molecule has 3 aromatic rings. The Labute approximate surface area is 171 Å². The van der Waals surface area contributed by atoms with Crippen LogP contribution in [0.25, 0.3) is 11.1 Å². The Kier molecular flexibility index (Phi) is 5.64. The van der Waals surface area contributed by atoms with Gasteiger partial charge in [-0.25, -0.2) is 9.48 Å². The lowest BCUT2D eigenvalue weighted by Crippen LogP contribution is -2.21. The summed E-state index contributed by atoms with van der Waals surface area (Å²) < 4.78 is 8.39. The zero-order valence-corrected chi connectivity index (χ0v) is 16.5. The first-order chi connectivity index (χ1) is 14.5.